The molecule has 2 heterocycles. The molecule has 0 amide bonds. The zero-order valence-corrected chi connectivity index (χ0v) is 13.3. The maximum atomic E-state index is 5.66. The lowest BCUT2D eigenvalue weighted by molar-refractivity contribution is 0.400. The highest BCUT2D eigenvalue weighted by Gasteiger charge is 2.10. The third-order valence-electron chi connectivity index (χ3n) is 2.90. The Labute approximate surface area is 124 Å². The molecule has 0 aliphatic heterocycles. The van der Waals surface area contributed by atoms with Gasteiger partial charge in [-0.15, -0.1) is 21.5 Å². The van der Waals surface area contributed by atoms with Gasteiger partial charge in [0, 0.05) is 29.8 Å². The maximum Gasteiger partial charge on any atom is 0.217 e. The molecule has 110 valence electrons. The van der Waals surface area contributed by atoms with Crippen molar-refractivity contribution in [3.05, 3.63) is 34.2 Å². The Kier molecular flexibility index (Phi) is 5.31. The van der Waals surface area contributed by atoms with Gasteiger partial charge in [-0.2, -0.15) is 0 Å². The van der Waals surface area contributed by atoms with Gasteiger partial charge in [0.05, 0.1) is 0 Å². The Balaban J connectivity index is 1.69. The number of hydrogen-bond acceptors (Lipinski definition) is 5. The normalized spacial score (nSPS) is 11.9. The number of hydrogen-bond donors (Lipinski definition) is 1. The second-order valence-corrected chi connectivity index (χ2v) is 6.98. The van der Waals surface area contributed by atoms with Gasteiger partial charge in [0.25, 0.3) is 0 Å². The van der Waals surface area contributed by atoms with Crippen molar-refractivity contribution in [3.63, 3.8) is 0 Å². The maximum absolute atomic E-state index is 5.66. The van der Waals surface area contributed by atoms with Crippen molar-refractivity contribution in [1.29, 1.82) is 0 Å². The molecular formula is C15H23N3OS. The van der Waals surface area contributed by atoms with Crippen LogP contribution >= 0.6 is 11.3 Å². The van der Waals surface area contributed by atoms with E-state index in [1.165, 1.54) is 4.88 Å². The number of nitrogens with one attached hydrogen (secondary N) is 1. The molecule has 0 atom stereocenters. The molecule has 0 radical (unpaired) electrons. The predicted molar refractivity (Wildman–Crippen MR) is 82.1 cm³/mol. The highest BCUT2D eigenvalue weighted by atomic mass is 32.1. The summed E-state index contributed by atoms with van der Waals surface area (Å²) < 4.78 is 5.66. The minimum Gasteiger partial charge on any atom is -0.425 e. The van der Waals surface area contributed by atoms with Crippen LogP contribution in [0, 0.1) is 0 Å². The first-order valence-electron chi connectivity index (χ1n) is 7.11. The van der Waals surface area contributed by atoms with Gasteiger partial charge in [-0.05, 0) is 45.1 Å². The molecule has 20 heavy (non-hydrogen) atoms. The summed E-state index contributed by atoms with van der Waals surface area (Å²) in [4.78, 5) is 1.42. The summed E-state index contributed by atoms with van der Waals surface area (Å²) in [5, 5.41) is 13.7. The first kappa shape index (κ1) is 15.2. The van der Waals surface area contributed by atoms with Gasteiger partial charge >= 0.3 is 0 Å². The van der Waals surface area contributed by atoms with E-state index in [9.17, 15) is 0 Å². The number of thiophene rings is 1. The summed E-state index contributed by atoms with van der Waals surface area (Å²) in [6, 6.07) is 4.26. The number of aromatic nitrogens is 2. The van der Waals surface area contributed by atoms with Crippen LogP contribution in [0.5, 0.6) is 0 Å². The van der Waals surface area contributed by atoms with Crippen LogP contribution < -0.4 is 5.32 Å². The second-order valence-electron chi connectivity index (χ2n) is 5.95. The first-order valence-corrected chi connectivity index (χ1v) is 7.99. The summed E-state index contributed by atoms with van der Waals surface area (Å²) >= 11 is 1.80. The van der Waals surface area contributed by atoms with Crippen molar-refractivity contribution in [1.82, 2.24) is 15.5 Å². The van der Waals surface area contributed by atoms with Crippen LogP contribution in [0.25, 0.3) is 0 Å². The molecule has 2 aromatic heterocycles. The van der Waals surface area contributed by atoms with Gasteiger partial charge in [-0.25, -0.2) is 0 Å². The zero-order chi connectivity index (χ0) is 14.4. The molecule has 0 saturated heterocycles. The molecule has 4 nitrogen and oxygen atoms in total. The van der Waals surface area contributed by atoms with Crippen molar-refractivity contribution in [2.24, 2.45) is 0 Å². The van der Waals surface area contributed by atoms with Crippen molar-refractivity contribution in [3.8, 4) is 0 Å². The lowest BCUT2D eigenvalue weighted by Crippen LogP contribution is -2.37. The smallest absolute Gasteiger partial charge is 0.217 e. The average molecular weight is 293 g/mol. The minimum absolute atomic E-state index is 0.129. The molecule has 0 spiro atoms. The molecule has 5 heteroatoms. The summed E-state index contributed by atoms with van der Waals surface area (Å²) in [6.07, 6.45) is 3.79. The molecule has 2 aromatic rings. The van der Waals surface area contributed by atoms with E-state index in [1.807, 2.05) is 0 Å². The van der Waals surface area contributed by atoms with Gasteiger partial charge in [0.1, 0.15) is 0 Å². The molecule has 2 rings (SSSR count). The molecule has 0 aliphatic carbocycles. The molecule has 0 saturated carbocycles. The largest absolute Gasteiger partial charge is 0.425 e. The third-order valence-corrected chi connectivity index (χ3v) is 3.83. The fourth-order valence-corrected chi connectivity index (χ4v) is 2.65. The average Bonchev–Trinajstić information content (AvgIpc) is 2.99. The van der Waals surface area contributed by atoms with Gasteiger partial charge in [0.2, 0.25) is 11.8 Å². The van der Waals surface area contributed by atoms with Crippen LogP contribution in [0.2, 0.25) is 0 Å². The molecular weight excluding hydrogens is 270 g/mol. The van der Waals surface area contributed by atoms with E-state index in [0.29, 0.717) is 0 Å². The van der Waals surface area contributed by atoms with Crippen molar-refractivity contribution >= 4 is 11.3 Å². The minimum atomic E-state index is 0.129. The molecule has 0 aliphatic rings. The lowest BCUT2D eigenvalue weighted by Gasteiger charge is -2.19. The Morgan fingerprint density at radius 3 is 2.55 bits per heavy atom. The number of aryl methyl sites for hydroxylation is 2. The van der Waals surface area contributed by atoms with E-state index in [4.69, 9.17) is 4.42 Å². The van der Waals surface area contributed by atoms with Crippen molar-refractivity contribution < 1.29 is 4.42 Å². The summed E-state index contributed by atoms with van der Waals surface area (Å²) in [7, 11) is 0. The van der Waals surface area contributed by atoms with Crippen LogP contribution in [0.4, 0.5) is 0 Å². The second kappa shape index (κ2) is 6.99. The summed E-state index contributed by atoms with van der Waals surface area (Å²) in [5.74, 6) is 1.49. The van der Waals surface area contributed by atoms with E-state index < -0.39 is 0 Å². The topological polar surface area (TPSA) is 51.0 Å². The van der Waals surface area contributed by atoms with Crippen LogP contribution in [0.3, 0.4) is 0 Å². The lowest BCUT2D eigenvalue weighted by atomic mass is 10.1. The summed E-state index contributed by atoms with van der Waals surface area (Å²) in [6.45, 7) is 7.31. The SMILES string of the molecule is CC(C)(C)NCCc1nnc(CCCc2cccs2)o1. The predicted octanol–water partition coefficient (Wildman–Crippen LogP) is 3.24. The monoisotopic (exact) mass is 293 g/mol. The highest BCUT2D eigenvalue weighted by molar-refractivity contribution is 7.09. The van der Waals surface area contributed by atoms with Crippen molar-refractivity contribution in [2.75, 3.05) is 6.54 Å². The van der Waals surface area contributed by atoms with Gasteiger partial charge in [-0.3, -0.25) is 0 Å². The van der Waals surface area contributed by atoms with Crippen molar-refractivity contribution in [2.45, 2.75) is 52.0 Å². The highest BCUT2D eigenvalue weighted by Crippen LogP contribution is 2.13. The first-order chi connectivity index (χ1) is 9.53. The van der Waals surface area contributed by atoms with E-state index >= 15 is 0 Å². The molecule has 0 bridgehead atoms. The van der Waals surface area contributed by atoms with Gasteiger partial charge in [-0.1, -0.05) is 6.07 Å². The number of rotatable bonds is 7. The van der Waals surface area contributed by atoms with Gasteiger partial charge < -0.3 is 9.73 Å². The van der Waals surface area contributed by atoms with Crippen LogP contribution in [0.1, 0.15) is 43.9 Å². The standard InChI is InChI=1S/C15H23N3OS/c1-15(2,3)16-10-9-14-18-17-13(19-14)8-4-6-12-7-5-11-20-12/h5,7,11,16H,4,6,8-10H2,1-3H3. The van der Waals surface area contributed by atoms with E-state index in [0.717, 1.165) is 44.0 Å². The zero-order valence-electron chi connectivity index (χ0n) is 12.5. The van der Waals surface area contributed by atoms with Gasteiger partial charge in [0.15, 0.2) is 0 Å². The van der Waals surface area contributed by atoms with Crippen LogP contribution in [-0.4, -0.2) is 22.3 Å². The third kappa shape index (κ3) is 5.43. The molecule has 0 fully saturated rings. The Hall–Kier alpha value is -1.20. The summed E-state index contributed by atoms with van der Waals surface area (Å²) in [5.41, 5.74) is 0.129. The van der Waals surface area contributed by atoms with E-state index in [2.05, 4.69) is 53.8 Å². The van der Waals surface area contributed by atoms with Crippen LogP contribution in [0.15, 0.2) is 21.9 Å². The fourth-order valence-electron chi connectivity index (χ4n) is 1.90. The Bertz CT molecular complexity index is 499. The quantitative estimate of drug-likeness (QED) is 0.851. The Morgan fingerprint density at radius 2 is 1.90 bits per heavy atom. The molecule has 1 N–H and O–H groups in total. The molecule has 0 aromatic carbocycles. The Morgan fingerprint density at radius 1 is 1.15 bits per heavy atom. The van der Waals surface area contributed by atoms with E-state index in [-0.39, 0.29) is 5.54 Å². The van der Waals surface area contributed by atoms with E-state index in [1.54, 1.807) is 11.3 Å². The number of nitrogens with zero attached hydrogens (tertiary/aromatic N) is 2. The molecule has 0 unspecified atom stereocenters. The van der Waals surface area contributed by atoms with Crippen LogP contribution in [-0.2, 0) is 19.3 Å². The fraction of sp³-hybridized carbons (Fsp3) is 0.600.